The third-order valence-electron chi connectivity index (χ3n) is 4.58. The number of rotatable bonds is 2. The van der Waals surface area contributed by atoms with Gasteiger partial charge >= 0.3 is 0 Å². The van der Waals surface area contributed by atoms with E-state index in [1.54, 1.807) is 6.07 Å². The van der Waals surface area contributed by atoms with Crippen LogP contribution in [0.15, 0.2) is 22.6 Å². The summed E-state index contributed by atoms with van der Waals surface area (Å²) >= 11 is 6.03. The molecule has 1 amide bonds. The van der Waals surface area contributed by atoms with E-state index in [2.05, 4.69) is 0 Å². The second-order valence-electron chi connectivity index (χ2n) is 6.21. The van der Waals surface area contributed by atoms with Gasteiger partial charge in [0.15, 0.2) is 5.76 Å². The van der Waals surface area contributed by atoms with Crippen LogP contribution in [0.25, 0.3) is 11.0 Å². The molecule has 0 unspecified atom stereocenters. The first-order valence-electron chi connectivity index (χ1n) is 7.71. The first-order chi connectivity index (χ1) is 10.5. The van der Waals surface area contributed by atoms with Crippen LogP contribution in [-0.4, -0.2) is 29.9 Å². The van der Waals surface area contributed by atoms with Crippen molar-refractivity contribution in [2.45, 2.75) is 32.7 Å². The molecular formula is C17H21ClN2O2. The van der Waals surface area contributed by atoms with Gasteiger partial charge in [0.1, 0.15) is 5.58 Å². The fraction of sp³-hybridized carbons (Fsp3) is 0.471. The zero-order chi connectivity index (χ0) is 15.9. The Hall–Kier alpha value is -1.52. The first-order valence-corrected chi connectivity index (χ1v) is 8.08. The number of aryl methyl sites for hydroxylation is 1. The molecule has 5 heteroatoms. The predicted molar refractivity (Wildman–Crippen MR) is 88.2 cm³/mol. The predicted octanol–water partition coefficient (Wildman–Crippen LogP) is 3.59. The van der Waals surface area contributed by atoms with Crippen molar-refractivity contribution >= 4 is 28.5 Å². The molecule has 0 aliphatic carbocycles. The smallest absolute Gasteiger partial charge is 0.289 e. The third-order valence-corrected chi connectivity index (χ3v) is 4.82. The molecule has 2 aromatic rings. The largest absolute Gasteiger partial charge is 0.451 e. The van der Waals surface area contributed by atoms with Crippen LogP contribution >= 0.6 is 11.6 Å². The van der Waals surface area contributed by atoms with E-state index >= 15 is 0 Å². The second kappa shape index (κ2) is 5.94. The van der Waals surface area contributed by atoms with Crippen LogP contribution in [0, 0.1) is 12.8 Å². The minimum Gasteiger partial charge on any atom is -0.451 e. The Kier molecular flexibility index (Phi) is 4.15. The van der Waals surface area contributed by atoms with Crippen molar-refractivity contribution in [3.8, 4) is 0 Å². The second-order valence-corrected chi connectivity index (χ2v) is 6.65. The molecule has 22 heavy (non-hydrogen) atoms. The van der Waals surface area contributed by atoms with Crippen molar-refractivity contribution in [2.24, 2.45) is 11.7 Å². The Labute approximate surface area is 135 Å². The van der Waals surface area contributed by atoms with E-state index < -0.39 is 0 Å². The normalized spacial score (nSPS) is 20.4. The number of hydrogen-bond acceptors (Lipinski definition) is 3. The Morgan fingerprint density at radius 2 is 2.27 bits per heavy atom. The number of fused-ring (bicyclic) bond motifs is 1. The van der Waals surface area contributed by atoms with Crippen molar-refractivity contribution in [1.82, 2.24) is 4.90 Å². The Bertz CT molecular complexity index is 708. The summed E-state index contributed by atoms with van der Waals surface area (Å²) in [5.41, 5.74) is 7.55. The number of carbonyl (C=O) groups is 1. The van der Waals surface area contributed by atoms with Gasteiger partial charge in [-0.05, 0) is 50.8 Å². The van der Waals surface area contributed by atoms with Crippen molar-refractivity contribution in [1.29, 1.82) is 0 Å². The number of piperidine rings is 1. The number of nitrogens with two attached hydrogens (primary N) is 1. The number of hydrogen-bond donors (Lipinski definition) is 1. The third kappa shape index (κ3) is 2.73. The lowest BCUT2D eigenvalue weighted by atomic mass is 9.92. The maximum Gasteiger partial charge on any atom is 0.289 e. The van der Waals surface area contributed by atoms with Gasteiger partial charge in [0, 0.05) is 35.1 Å². The summed E-state index contributed by atoms with van der Waals surface area (Å²) in [5.74, 6) is 0.731. The summed E-state index contributed by atoms with van der Waals surface area (Å²) in [6.07, 6.45) is 2.07. The van der Waals surface area contributed by atoms with E-state index in [9.17, 15) is 4.79 Å². The first kappa shape index (κ1) is 15.4. The number of carbonyl (C=O) groups excluding carboxylic acids is 1. The summed E-state index contributed by atoms with van der Waals surface area (Å²) in [7, 11) is 0. The van der Waals surface area contributed by atoms with E-state index in [1.807, 2.05) is 30.9 Å². The highest BCUT2D eigenvalue weighted by atomic mass is 35.5. The lowest BCUT2D eigenvalue weighted by Gasteiger charge is -2.34. The van der Waals surface area contributed by atoms with Crippen LogP contribution in [-0.2, 0) is 0 Å². The molecule has 1 aliphatic rings. The zero-order valence-electron chi connectivity index (χ0n) is 12.9. The standard InChI is InChI=1S/C17H21ClN2O2/c1-10-14-8-13(18)5-6-15(14)22-16(10)17(21)20-7-3-4-12(9-20)11(2)19/h5-6,8,11-12H,3-4,7,9,19H2,1-2H3/t11-,12+/m1/s1. The number of amides is 1. The van der Waals surface area contributed by atoms with E-state index in [-0.39, 0.29) is 11.9 Å². The zero-order valence-corrected chi connectivity index (χ0v) is 13.7. The average Bonchev–Trinajstić information content (AvgIpc) is 2.83. The number of nitrogens with zero attached hydrogens (tertiary/aromatic N) is 1. The van der Waals surface area contributed by atoms with Crippen molar-refractivity contribution in [3.63, 3.8) is 0 Å². The molecule has 1 saturated heterocycles. The van der Waals surface area contributed by atoms with E-state index in [0.29, 0.717) is 28.8 Å². The van der Waals surface area contributed by atoms with Crippen LogP contribution in [0.3, 0.4) is 0 Å². The molecule has 2 heterocycles. The monoisotopic (exact) mass is 320 g/mol. The van der Waals surface area contributed by atoms with Crippen LogP contribution < -0.4 is 5.73 Å². The number of halogens is 1. The van der Waals surface area contributed by atoms with Crippen LogP contribution in [0.2, 0.25) is 5.02 Å². The molecule has 1 aliphatic heterocycles. The van der Waals surface area contributed by atoms with Gasteiger partial charge in [0.2, 0.25) is 0 Å². The summed E-state index contributed by atoms with van der Waals surface area (Å²) in [5, 5.41) is 1.54. The molecule has 0 radical (unpaired) electrons. The molecule has 1 aromatic carbocycles. The van der Waals surface area contributed by atoms with Crippen molar-refractivity contribution < 1.29 is 9.21 Å². The van der Waals surface area contributed by atoms with E-state index in [0.717, 1.165) is 30.3 Å². The average molecular weight is 321 g/mol. The van der Waals surface area contributed by atoms with Gasteiger partial charge in [-0.25, -0.2) is 0 Å². The number of furan rings is 1. The maximum atomic E-state index is 12.8. The summed E-state index contributed by atoms with van der Waals surface area (Å²) in [6.45, 7) is 5.38. The minimum absolute atomic E-state index is 0.0461. The number of likely N-dealkylation sites (tertiary alicyclic amines) is 1. The van der Waals surface area contributed by atoms with Crippen LogP contribution in [0.4, 0.5) is 0 Å². The van der Waals surface area contributed by atoms with Crippen LogP contribution in [0.5, 0.6) is 0 Å². The Morgan fingerprint density at radius 3 is 3.00 bits per heavy atom. The van der Waals surface area contributed by atoms with Crippen LogP contribution in [0.1, 0.15) is 35.9 Å². The minimum atomic E-state index is -0.0461. The molecule has 0 spiro atoms. The summed E-state index contributed by atoms with van der Waals surface area (Å²) in [4.78, 5) is 14.7. The Morgan fingerprint density at radius 1 is 1.50 bits per heavy atom. The van der Waals surface area contributed by atoms with Crippen molar-refractivity contribution in [2.75, 3.05) is 13.1 Å². The van der Waals surface area contributed by atoms with Gasteiger partial charge in [0.25, 0.3) is 5.91 Å². The SMILES string of the molecule is Cc1c(C(=O)N2CCC[C@H]([C@@H](C)N)C2)oc2ccc(Cl)cc12. The quantitative estimate of drug-likeness (QED) is 0.919. The van der Waals surface area contributed by atoms with Gasteiger partial charge in [0.05, 0.1) is 0 Å². The molecule has 2 atom stereocenters. The molecule has 1 fully saturated rings. The fourth-order valence-corrected chi connectivity index (χ4v) is 3.34. The highest BCUT2D eigenvalue weighted by molar-refractivity contribution is 6.31. The highest BCUT2D eigenvalue weighted by Crippen LogP contribution is 2.30. The summed E-state index contributed by atoms with van der Waals surface area (Å²) < 4.78 is 5.78. The van der Waals surface area contributed by atoms with Crippen molar-refractivity contribution in [3.05, 3.63) is 34.5 Å². The van der Waals surface area contributed by atoms with Gasteiger partial charge in [-0.1, -0.05) is 11.6 Å². The van der Waals surface area contributed by atoms with E-state index in [4.69, 9.17) is 21.8 Å². The molecule has 1 aromatic heterocycles. The lowest BCUT2D eigenvalue weighted by Crippen LogP contribution is -2.45. The fourth-order valence-electron chi connectivity index (χ4n) is 3.16. The maximum absolute atomic E-state index is 12.8. The molecule has 2 N–H and O–H groups in total. The molecular weight excluding hydrogens is 300 g/mol. The molecule has 118 valence electrons. The molecule has 3 rings (SSSR count). The summed E-state index contributed by atoms with van der Waals surface area (Å²) in [6, 6.07) is 5.52. The van der Waals surface area contributed by atoms with Gasteiger partial charge in [-0.15, -0.1) is 0 Å². The Balaban J connectivity index is 1.90. The topological polar surface area (TPSA) is 59.5 Å². The van der Waals surface area contributed by atoms with Gasteiger partial charge in [-0.2, -0.15) is 0 Å². The molecule has 0 bridgehead atoms. The lowest BCUT2D eigenvalue weighted by molar-refractivity contribution is 0.0630. The number of benzene rings is 1. The molecule has 0 saturated carbocycles. The van der Waals surface area contributed by atoms with E-state index in [1.165, 1.54) is 0 Å². The molecule has 4 nitrogen and oxygen atoms in total. The highest BCUT2D eigenvalue weighted by Gasteiger charge is 2.29. The van der Waals surface area contributed by atoms with Gasteiger partial charge in [-0.3, -0.25) is 4.79 Å². The van der Waals surface area contributed by atoms with Gasteiger partial charge < -0.3 is 15.1 Å².